The fraction of sp³-hybridized carbons (Fsp3) is 0.588. The predicted octanol–water partition coefficient (Wildman–Crippen LogP) is 2.78. The molecule has 1 N–H and O–H groups in total. The fourth-order valence-corrected chi connectivity index (χ4v) is 2.68. The van der Waals surface area contributed by atoms with E-state index in [4.69, 9.17) is 0 Å². The van der Waals surface area contributed by atoms with Gasteiger partial charge in [-0.15, -0.1) is 12.4 Å². The number of carbonyl (C=O) groups is 1. The summed E-state index contributed by atoms with van der Waals surface area (Å²) in [5.74, 6) is 0.152. The Morgan fingerprint density at radius 2 is 1.82 bits per heavy atom. The molecule has 22 heavy (non-hydrogen) atoms. The second-order valence-corrected chi connectivity index (χ2v) is 5.52. The van der Waals surface area contributed by atoms with E-state index in [1.165, 1.54) is 18.5 Å². The largest absolute Gasteiger partial charge is 0.372 e. The lowest BCUT2D eigenvalue weighted by atomic mass is 10.1. The van der Waals surface area contributed by atoms with Gasteiger partial charge in [0, 0.05) is 50.5 Å². The molecule has 124 valence electrons. The van der Waals surface area contributed by atoms with E-state index < -0.39 is 0 Å². The molecular weight excluding hydrogens is 298 g/mol. The number of nitrogens with zero attached hydrogens (tertiary/aromatic N) is 2. The number of amides is 1. The molecular formula is C17H28ClN3O. The maximum Gasteiger partial charge on any atom is 0.253 e. The number of anilines is 1. The van der Waals surface area contributed by atoms with Crippen molar-refractivity contribution in [2.24, 2.45) is 0 Å². The molecule has 0 aromatic heterocycles. The minimum atomic E-state index is 0. The van der Waals surface area contributed by atoms with E-state index in [0.29, 0.717) is 0 Å². The van der Waals surface area contributed by atoms with E-state index >= 15 is 0 Å². The zero-order valence-corrected chi connectivity index (χ0v) is 14.5. The number of halogens is 1. The number of hydrogen-bond donors (Lipinski definition) is 1. The Morgan fingerprint density at radius 1 is 1.18 bits per heavy atom. The standard InChI is InChI=1S/C17H27N3O.ClH/c1-3-5-12-19(4-2)16-8-6-15(7-9-16)17(21)20-13-10-18-11-14-20;/h6-9,18H,3-5,10-14H2,1-2H3;1H. The van der Waals surface area contributed by atoms with Crippen LogP contribution in [0.1, 0.15) is 37.0 Å². The van der Waals surface area contributed by atoms with Crippen molar-refractivity contribution in [1.29, 1.82) is 0 Å². The van der Waals surface area contributed by atoms with Gasteiger partial charge in [-0.25, -0.2) is 0 Å². The van der Waals surface area contributed by atoms with Crippen LogP contribution in [-0.2, 0) is 0 Å². The number of rotatable bonds is 6. The average molecular weight is 326 g/mol. The van der Waals surface area contributed by atoms with Gasteiger partial charge in [-0.2, -0.15) is 0 Å². The molecule has 4 nitrogen and oxygen atoms in total. The number of hydrogen-bond acceptors (Lipinski definition) is 3. The summed E-state index contributed by atoms with van der Waals surface area (Å²) < 4.78 is 0. The Kier molecular flexibility index (Phi) is 8.28. The normalized spacial score (nSPS) is 14.4. The summed E-state index contributed by atoms with van der Waals surface area (Å²) in [6, 6.07) is 8.09. The zero-order valence-electron chi connectivity index (χ0n) is 13.7. The SMILES string of the molecule is CCCCN(CC)c1ccc(C(=O)N2CCNCC2)cc1.Cl. The third-order valence-corrected chi connectivity index (χ3v) is 4.05. The molecule has 0 bridgehead atoms. The highest BCUT2D eigenvalue weighted by Crippen LogP contribution is 2.17. The molecule has 1 aromatic carbocycles. The van der Waals surface area contributed by atoms with Gasteiger partial charge in [0.05, 0.1) is 0 Å². The molecule has 1 aromatic rings. The van der Waals surface area contributed by atoms with Gasteiger partial charge in [-0.1, -0.05) is 13.3 Å². The van der Waals surface area contributed by atoms with E-state index in [-0.39, 0.29) is 18.3 Å². The molecule has 2 rings (SSSR count). The Balaban J connectivity index is 0.00000242. The van der Waals surface area contributed by atoms with Crippen LogP contribution in [0, 0.1) is 0 Å². The number of nitrogens with one attached hydrogen (secondary N) is 1. The van der Waals surface area contributed by atoms with Crippen LogP contribution in [0.25, 0.3) is 0 Å². The molecule has 0 atom stereocenters. The first-order valence-electron chi connectivity index (χ1n) is 8.11. The van der Waals surface area contributed by atoms with Crippen LogP contribution < -0.4 is 10.2 Å². The molecule has 0 aliphatic carbocycles. The molecule has 1 aliphatic heterocycles. The van der Waals surface area contributed by atoms with Gasteiger partial charge in [0.1, 0.15) is 0 Å². The van der Waals surface area contributed by atoms with Gasteiger partial charge in [-0.3, -0.25) is 4.79 Å². The fourth-order valence-electron chi connectivity index (χ4n) is 2.68. The van der Waals surface area contributed by atoms with Crippen molar-refractivity contribution in [2.45, 2.75) is 26.7 Å². The van der Waals surface area contributed by atoms with Crippen molar-refractivity contribution in [1.82, 2.24) is 10.2 Å². The summed E-state index contributed by atoms with van der Waals surface area (Å²) in [6.07, 6.45) is 2.41. The lowest BCUT2D eigenvalue weighted by molar-refractivity contribution is 0.0736. The molecule has 0 spiro atoms. The summed E-state index contributed by atoms with van der Waals surface area (Å²) in [5, 5.41) is 3.27. The summed E-state index contributed by atoms with van der Waals surface area (Å²) in [6.45, 7) is 9.87. The van der Waals surface area contributed by atoms with Gasteiger partial charge in [0.2, 0.25) is 0 Å². The van der Waals surface area contributed by atoms with Crippen molar-refractivity contribution in [3.8, 4) is 0 Å². The topological polar surface area (TPSA) is 35.6 Å². The van der Waals surface area contributed by atoms with Crippen LogP contribution in [0.2, 0.25) is 0 Å². The minimum Gasteiger partial charge on any atom is -0.372 e. The van der Waals surface area contributed by atoms with E-state index in [1.807, 2.05) is 17.0 Å². The third-order valence-electron chi connectivity index (χ3n) is 4.05. The van der Waals surface area contributed by atoms with Crippen molar-refractivity contribution >= 4 is 24.0 Å². The predicted molar refractivity (Wildman–Crippen MR) is 95.3 cm³/mol. The van der Waals surface area contributed by atoms with Crippen LogP contribution in [0.4, 0.5) is 5.69 Å². The van der Waals surface area contributed by atoms with Gasteiger partial charge in [0.15, 0.2) is 0 Å². The van der Waals surface area contributed by atoms with Gasteiger partial charge >= 0.3 is 0 Å². The van der Waals surface area contributed by atoms with Crippen molar-refractivity contribution < 1.29 is 4.79 Å². The summed E-state index contributed by atoms with van der Waals surface area (Å²) >= 11 is 0. The van der Waals surface area contributed by atoms with Crippen molar-refractivity contribution in [3.05, 3.63) is 29.8 Å². The Hall–Kier alpha value is -1.26. The highest BCUT2D eigenvalue weighted by Gasteiger charge is 2.17. The van der Waals surface area contributed by atoms with Gasteiger partial charge < -0.3 is 15.1 Å². The van der Waals surface area contributed by atoms with E-state index in [1.54, 1.807) is 0 Å². The maximum absolute atomic E-state index is 12.4. The second-order valence-electron chi connectivity index (χ2n) is 5.52. The summed E-state index contributed by atoms with van der Waals surface area (Å²) in [5.41, 5.74) is 2.01. The molecule has 1 amide bonds. The third kappa shape index (κ3) is 4.89. The Morgan fingerprint density at radius 3 is 2.36 bits per heavy atom. The van der Waals surface area contributed by atoms with Crippen LogP contribution in [-0.4, -0.2) is 50.1 Å². The number of piperazine rings is 1. The van der Waals surface area contributed by atoms with Crippen LogP contribution >= 0.6 is 12.4 Å². The molecule has 5 heteroatoms. The van der Waals surface area contributed by atoms with E-state index in [2.05, 4.69) is 36.2 Å². The van der Waals surface area contributed by atoms with E-state index in [0.717, 1.165) is 44.8 Å². The smallest absolute Gasteiger partial charge is 0.253 e. The lowest BCUT2D eigenvalue weighted by Crippen LogP contribution is -2.46. The molecule has 1 fully saturated rings. The quantitative estimate of drug-likeness (QED) is 0.873. The second kappa shape index (κ2) is 9.70. The summed E-state index contributed by atoms with van der Waals surface area (Å²) in [7, 11) is 0. The zero-order chi connectivity index (χ0) is 15.1. The van der Waals surface area contributed by atoms with Crippen LogP contribution in [0.15, 0.2) is 24.3 Å². The van der Waals surface area contributed by atoms with Crippen LogP contribution in [0.3, 0.4) is 0 Å². The Bertz CT molecular complexity index is 444. The monoisotopic (exact) mass is 325 g/mol. The molecule has 1 aliphatic rings. The molecule has 1 heterocycles. The minimum absolute atomic E-state index is 0. The first-order chi connectivity index (χ1) is 10.3. The highest BCUT2D eigenvalue weighted by atomic mass is 35.5. The van der Waals surface area contributed by atoms with Crippen molar-refractivity contribution in [3.63, 3.8) is 0 Å². The highest BCUT2D eigenvalue weighted by molar-refractivity contribution is 5.94. The molecule has 0 radical (unpaired) electrons. The van der Waals surface area contributed by atoms with Gasteiger partial charge in [-0.05, 0) is 37.6 Å². The van der Waals surface area contributed by atoms with Gasteiger partial charge in [0.25, 0.3) is 5.91 Å². The number of benzene rings is 1. The molecule has 0 unspecified atom stereocenters. The van der Waals surface area contributed by atoms with E-state index in [9.17, 15) is 4.79 Å². The molecule has 0 saturated carbocycles. The van der Waals surface area contributed by atoms with Crippen LogP contribution in [0.5, 0.6) is 0 Å². The average Bonchev–Trinajstić information content (AvgIpc) is 2.56. The summed E-state index contributed by atoms with van der Waals surface area (Å²) in [4.78, 5) is 16.7. The number of carbonyl (C=O) groups excluding carboxylic acids is 1. The first-order valence-corrected chi connectivity index (χ1v) is 8.11. The Labute approximate surface area is 140 Å². The van der Waals surface area contributed by atoms with Crippen molar-refractivity contribution in [2.75, 3.05) is 44.2 Å². The molecule has 1 saturated heterocycles. The number of unbranched alkanes of at least 4 members (excludes halogenated alkanes) is 1. The lowest BCUT2D eigenvalue weighted by Gasteiger charge is -2.28. The maximum atomic E-state index is 12.4. The first kappa shape index (κ1) is 18.8.